The highest BCUT2D eigenvalue weighted by Gasteiger charge is 2.19. The van der Waals surface area contributed by atoms with Crippen LogP contribution in [0.15, 0.2) is 0 Å². The lowest BCUT2D eigenvalue weighted by atomic mass is 10.0. The SMILES string of the molecule is CCCCC(CC)CO[N+](=O)OCC(CC)CCCC.N. The normalized spacial score (nSPS) is 13.1. The summed E-state index contributed by atoms with van der Waals surface area (Å²) in [6.07, 6.45) is 9.08. The van der Waals surface area contributed by atoms with Crippen LogP contribution in [-0.4, -0.2) is 18.3 Å². The van der Waals surface area contributed by atoms with Crippen LogP contribution in [-0.2, 0) is 9.68 Å². The van der Waals surface area contributed by atoms with E-state index in [0.717, 1.165) is 25.7 Å². The lowest BCUT2D eigenvalue weighted by Crippen LogP contribution is -2.20. The van der Waals surface area contributed by atoms with Gasteiger partial charge in [0.15, 0.2) is 13.2 Å². The zero-order valence-corrected chi connectivity index (χ0v) is 14.6. The highest BCUT2D eigenvalue weighted by Crippen LogP contribution is 2.14. The van der Waals surface area contributed by atoms with Gasteiger partial charge in [-0.3, -0.25) is 0 Å². The molecule has 0 bridgehead atoms. The van der Waals surface area contributed by atoms with Gasteiger partial charge in [-0.2, -0.15) is 9.68 Å². The Morgan fingerprint density at radius 2 is 1.19 bits per heavy atom. The van der Waals surface area contributed by atoms with Crippen molar-refractivity contribution in [3.05, 3.63) is 4.91 Å². The van der Waals surface area contributed by atoms with E-state index in [1.165, 1.54) is 25.7 Å². The lowest BCUT2D eigenvalue weighted by Gasteiger charge is -2.11. The maximum absolute atomic E-state index is 11.5. The standard InChI is InChI=1S/C16H34NO3.H3N/c1-5-9-11-15(7-3)13-19-17(18)20-14-16(8-4)12-10-6-2;/h15-16H,5-14H2,1-4H3;1H3/q+1;. The summed E-state index contributed by atoms with van der Waals surface area (Å²) < 4.78 is 0. The third kappa shape index (κ3) is 12.6. The Kier molecular flexibility index (Phi) is 16.6. The monoisotopic (exact) mass is 305 g/mol. The Labute approximate surface area is 130 Å². The van der Waals surface area contributed by atoms with Gasteiger partial charge >= 0.3 is 5.09 Å². The van der Waals surface area contributed by atoms with Gasteiger partial charge in [0.25, 0.3) is 0 Å². The molecule has 0 spiro atoms. The van der Waals surface area contributed by atoms with Crippen LogP contribution < -0.4 is 6.15 Å². The van der Waals surface area contributed by atoms with Gasteiger partial charge in [-0.05, 0) is 25.7 Å². The van der Waals surface area contributed by atoms with Gasteiger partial charge in [0.2, 0.25) is 0 Å². The summed E-state index contributed by atoms with van der Waals surface area (Å²) in [5, 5.41) is 0.323. The van der Waals surface area contributed by atoms with E-state index >= 15 is 0 Å². The zero-order valence-electron chi connectivity index (χ0n) is 14.6. The molecule has 5 nitrogen and oxygen atoms in total. The third-order valence-electron chi connectivity index (χ3n) is 3.92. The number of nitrogens with zero attached hydrogens (tertiary/aromatic N) is 1. The molecule has 5 heteroatoms. The minimum atomic E-state index is 0. The minimum absolute atomic E-state index is 0. The molecule has 0 aromatic heterocycles. The first-order chi connectivity index (χ1) is 9.67. The van der Waals surface area contributed by atoms with E-state index < -0.39 is 0 Å². The van der Waals surface area contributed by atoms with E-state index in [-0.39, 0.29) is 6.15 Å². The van der Waals surface area contributed by atoms with Gasteiger partial charge in [-0.15, -0.1) is 0 Å². The van der Waals surface area contributed by atoms with E-state index in [9.17, 15) is 4.91 Å². The Hall–Kier alpha value is -0.840. The quantitative estimate of drug-likeness (QED) is 0.446. The van der Waals surface area contributed by atoms with Crippen LogP contribution in [0.5, 0.6) is 0 Å². The van der Waals surface area contributed by atoms with Crippen molar-refractivity contribution in [1.29, 1.82) is 0 Å². The highest BCUT2D eigenvalue weighted by atomic mass is 17.0. The van der Waals surface area contributed by atoms with Gasteiger partial charge in [0.05, 0.1) is 0 Å². The van der Waals surface area contributed by atoms with E-state index in [4.69, 9.17) is 9.68 Å². The Balaban J connectivity index is 0. The molecule has 0 saturated carbocycles. The van der Waals surface area contributed by atoms with Gasteiger partial charge in [0.1, 0.15) is 4.91 Å². The molecule has 0 fully saturated rings. The van der Waals surface area contributed by atoms with Crippen molar-refractivity contribution in [1.82, 2.24) is 6.15 Å². The smallest absolute Gasteiger partial charge is 0.344 e. The molecule has 0 aliphatic heterocycles. The molecule has 0 aliphatic carbocycles. The third-order valence-corrected chi connectivity index (χ3v) is 3.92. The number of unbranched alkanes of at least 4 members (excludes halogenated alkanes) is 2. The van der Waals surface area contributed by atoms with Gasteiger partial charge in [-0.1, -0.05) is 53.4 Å². The summed E-state index contributed by atoms with van der Waals surface area (Å²) in [5.74, 6) is 0.911. The average molecular weight is 305 g/mol. The van der Waals surface area contributed by atoms with Crippen LogP contribution >= 0.6 is 0 Å². The number of hydrogen-bond acceptors (Lipinski definition) is 4. The van der Waals surface area contributed by atoms with Crippen molar-refractivity contribution in [3.8, 4) is 0 Å². The van der Waals surface area contributed by atoms with E-state index in [1.807, 2.05) is 0 Å². The van der Waals surface area contributed by atoms with Crippen molar-refractivity contribution >= 4 is 0 Å². The first-order valence-corrected chi connectivity index (χ1v) is 8.40. The molecule has 0 radical (unpaired) electrons. The number of hydrogen-bond donors (Lipinski definition) is 1. The fraction of sp³-hybridized carbons (Fsp3) is 1.00. The maximum atomic E-state index is 11.5. The summed E-state index contributed by atoms with van der Waals surface area (Å²) in [6.45, 7) is 9.56. The Bertz CT molecular complexity index is 216. The fourth-order valence-corrected chi connectivity index (χ4v) is 2.17. The zero-order chi connectivity index (χ0) is 15.2. The molecule has 2 atom stereocenters. The topological polar surface area (TPSA) is 73.5 Å². The van der Waals surface area contributed by atoms with Crippen molar-refractivity contribution in [2.24, 2.45) is 11.8 Å². The highest BCUT2D eigenvalue weighted by molar-refractivity contribution is 4.55. The molecule has 0 aromatic rings. The van der Waals surface area contributed by atoms with Crippen LogP contribution in [0.1, 0.15) is 79.1 Å². The van der Waals surface area contributed by atoms with Crippen molar-refractivity contribution < 1.29 is 14.8 Å². The van der Waals surface area contributed by atoms with Crippen molar-refractivity contribution in [3.63, 3.8) is 0 Å². The van der Waals surface area contributed by atoms with Crippen LogP contribution in [0.3, 0.4) is 0 Å². The molecule has 0 saturated heterocycles. The molecule has 128 valence electrons. The first kappa shape index (κ1) is 22.4. The van der Waals surface area contributed by atoms with E-state index in [1.54, 1.807) is 0 Å². The molecule has 21 heavy (non-hydrogen) atoms. The van der Waals surface area contributed by atoms with Crippen molar-refractivity contribution in [2.45, 2.75) is 79.1 Å². The molecule has 0 aromatic carbocycles. The predicted molar refractivity (Wildman–Crippen MR) is 87.2 cm³/mol. The summed E-state index contributed by atoms with van der Waals surface area (Å²) in [6, 6.07) is 0. The predicted octanol–water partition coefficient (Wildman–Crippen LogP) is 5.22. The lowest BCUT2D eigenvalue weighted by molar-refractivity contribution is -0.982. The molecule has 2 unspecified atom stereocenters. The molecule has 0 aliphatic rings. The minimum Gasteiger partial charge on any atom is -0.344 e. The van der Waals surface area contributed by atoms with Crippen LogP contribution in [0.25, 0.3) is 0 Å². The summed E-state index contributed by atoms with van der Waals surface area (Å²) >= 11 is 0. The second-order valence-electron chi connectivity index (χ2n) is 5.65. The number of rotatable bonds is 14. The summed E-state index contributed by atoms with van der Waals surface area (Å²) in [5.41, 5.74) is 0. The molecule has 0 rings (SSSR count). The molecule has 0 heterocycles. The van der Waals surface area contributed by atoms with Crippen LogP contribution in [0, 0.1) is 16.7 Å². The van der Waals surface area contributed by atoms with Crippen molar-refractivity contribution in [2.75, 3.05) is 13.2 Å². The largest absolute Gasteiger partial charge is 0.477 e. The van der Waals surface area contributed by atoms with Crippen LogP contribution in [0.4, 0.5) is 0 Å². The molecule has 0 amide bonds. The second-order valence-corrected chi connectivity index (χ2v) is 5.65. The summed E-state index contributed by atoms with van der Waals surface area (Å²) in [4.78, 5) is 21.8. The average Bonchev–Trinajstić information content (AvgIpc) is 2.47. The second kappa shape index (κ2) is 15.5. The van der Waals surface area contributed by atoms with Gasteiger partial charge in [-0.25, -0.2) is 0 Å². The fourth-order valence-electron chi connectivity index (χ4n) is 2.17. The Morgan fingerprint density at radius 1 is 0.810 bits per heavy atom. The summed E-state index contributed by atoms with van der Waals surface area (Å²) in [7, 11) is 0. The van der Waals surface area contributed by atoms with E-state index in [0.29, 0.717) is 30.1 Å². The molecular weight excluding hydrogens is 268 g/mol. The first-order valence-electron chi connectivity index (χ1n) is 8.40. The van der Waals surface area contributed by atoms with Crippen LogP contribution in [0.2, 0.25) is 0 Å². The van der Waals surface area contributed by atoms with Gasteiger partial charge in [0, 0.05) is 11.8 Å². The molecule has 3 N–H and O–H groups in total. The van der Waals surface area contributed by atoms with Gasteiger partial charge < -0.3 is 6.15 Å². The Morgan fingerprint density at radius 3 is 1.48 bits per heavy atom. The maximum Gasteiger partial charge on any atom is 0.477 e. The molecular formula is C16H37N2O3+. The van der Waals surface area contributed by atoms with E-state index in [2.05, 4.69) is 27.7 Å².